The average Bonchev–Trinajstić information content (AvgIpc) is 3.04. The maximum Gasteiger partial charge on any atom is 0.119 e. The first-order chi connectivity index (χ1) is 12.2. The lowest BCUT2D eigenvalue weighted by Gasteiger charge is -2.29. The summed E-state index contributed by atoms with van der Waals surface area (Å²) in [6, 6.07) is 25.9. The van der Waals surface area contributed by atoms with Crippen LogP contribution in [0.25, 0.3) is 10.9 Å². The minimum Gasteiger partial charge on any atom is -0.380 e. The molecule has 0 atom stereocenters. The number of fused-ring (bicyclic) bond motifs is 1. The van der Waals surface area contributed by atoms with Crippen LogP contribution in [0, 0.1) is 0 Å². The molecule has 2 N–H and O–H groups in total. The number of rotatable bonds is 4. The van der Waals surface area contributed by atoms with Gasteiger partial charge in [-0.3, -0.25) is 0 Å². The van der Waals surface area contributed by atoms with Crippen LogP contribution in [0.3, 0.4) is 0 Å². The predicted molar refractivity (Wildman–Crippen MR) is 106 cm³/mol. The molecule has 0 unspecified atom stereocenters. The minimum absolute atomic E-state index is 0.503. The van der Waals surface area contributed by atoms with E-state index in [1.165, 1.54) is 0 Å². The number of hydrogen-bond acceptors (Lipinski definition) is 1. The van der Waals surface area contributed by atoms with Crippen molar-refractivity contribution in [3.63, 3.8) is 0 Å². The molecule has 25 heavy (non-hydrogen) atoms. The highest BCUT2D eigenvalue weighted by Crippen LogP contribution is 2.35. The lowest BCUT2D eigenvalue weighted by Crippen LogP contribution is -2.30. The fourth-order valence-corrected chi connectivity index (χ4v) is 3.74. The molecule has 3 heteroatoms. The topological polar surface area (TPSA) is 36.0 Å². The third-order valence-corrected chi connectivity index (χ3v) is 5.17. The van der Waals surface area contributed by atoms with E-state index < -0.39 is 5.60 Å². The summed E-state index contributed by atoms with van der Waals surface area (Å²) in [6.07, 6.45) is 2.50. The van der Waals surface area contributed by atoms with Gasteiger partial charge in [0.2, 0.25) is 0 Å². The van der Waals surface area contributed by atoms with Crippen LogP contribution in [0.2, 0.25) is 0 Å². The lowest BCUT2D eigenvalue weighted by atomic mass is 9.81. The van der Waals surface area contributed by atoms with Crippen LogP contribution in [0.1, 0.15) is 16.7 Å². The van der Waals surface area contributed by atoms with E-state index in [4.69, 9.17) is 0 Å². The number of benzene rings is 3. The Morgan fingerprint density at radius 1 is 0.840 bits per heavy atom. The summed E-state index contributed by atoms with van der Waals surface area (Å²) in [6.45, 7) is 0. The molecule has 2 nitrogen and oxygen atoms in total. The van der Waals surface area contributed by atoms with Crippen LogP contribution in [-0.4, -0.2) is 10.1 Å². The Balaban J connectivity index is 1.84. The molecule has 1 heterocycles. The number of H-pyrrole nitrogens is 1. The first kappa shape index (κ1) is 16.1. The quantitative estimate of drug-likeness (QED) is 0.479. The van der Waals surface area contributed by atoms with Crippen molar-refractivity contribution in [2.75, 3.05) is 0 Å². The Kier molecular flexibility index (Phi) is 4.20. The number of halogens is 1. The van der Waals surface area contributed by atoms with Gasteiger partial charge in [-0.1, -0.05) is 82.7 Å². The SMILES string of the molecule is OC(Cc1c[nH]c2cc(Br)ccc12)(c1ccccc1)c1ccccc1. The normalized spacial score (nSPS) is 11.8. The molecule has 0 fully saturated rings. The van der Waals surface area contributed by atoms with Gasteiger partial charge in [0.25, 0.3) is 0 Å². The lowest BCUT2D eigenvalue weighted by molar-refractivity contribution is 0.0815. The molecule has 1 aromatic heterocycles. The van der Waals surface area contributed by atoms with Crippen molar-refractivity contribution in [2.45, 2.75) is 12.0 Å². The first-order valence-corrected chi connectivity index (χ1v) is 9.05. The molecule has 0 saturated heterocycles. The summed E-state index contributed by atoms with van der Waals surface area (Å²) in [7, 11) is 0. The molecular formula is C22H18BrNO. The Morgan fingerprint density at radius 3 is 2.04 bits per heavy atom. The molecule has 0 saturated carbocycles. The second-order valence-corrected chi connectivity index (χ2v) is 7.19. The van der Waals surface area contributed by atoms with Crippen LogP contribution >= 0.6 is 15.9 Å². The van der Waals surface area contributed by atoms with E-state index in [-0.39, 0.29) is 0 Å². The molecule has 0 radical (unpaired) electrons. The second kappa shape index (κ2) is 6.51. The van der Waals surface area contributed by atoms with E-state index in [1.807, 2.05) is 72.9 Å². The van der Waals surface area contributed by atoms with Gasteiger partial charge >= 0.3 is 0 Å². The average molecular weight is 392 g/mol. The van der Waals surface area contributed by atoms with Crippen molar-refractivity contribution in [1.82, 2.24) is 4.98 Å². The summed E-state index contributed by atoms with van der Waals surface area (Å²) in [4.78, 5) is 3.31. The number of hydrogen-bond donors (Lipinski definition) is 2. The van der Waals surface area contributed by atoms with Crippen molar-refractivity contribution < 1.29 is 5.11 Å². The fourth-order valence-electron chi connectivity index (χ4n) is 3.38. The van der Waals surface area contributed by atoms with E-state index in [9.17, 15) is 5.11 Å². The van der Waals surface area contributed by atoms with Gasteiger partial charge in [-0.15, -0.1) is 0 Å². The van der Waals surface area contributed by atoms with Crippen LogP contribution in [0.5, 0.6) is 0 Å². The standard InChI is InChI=1S/C22H18BrNO/c23-19-11-12-20-16(15-24-21(20)13-19)14-22(25,17-7-3-1-4-8-17)18-9-5-2-6-10-18/h1-13,15,24-25H,14H2. The van der Waals surface area contributed by atoms with Gasteiger partial charge in [-0.2, -0.15) is 0 Å². The van der Waals surface area contributed by atoms with Gasteiger partial charge in [-0.25, -0.2) is 0 Å². The molecule has 0 spiro atoms. The maximum absolute atomic E-state index is 11.7. The molecule has 4 aromatic rings. The predicted octanol–water partition coefficient (Wildman–Crippen LogP) is 5.41. The van der Waals surface area contributed by atoms with Gasteiger partial charge in [0.1, 0.15) is 5.60 Å². The minimum atomic E-state index is -1.08. The van der Waals surface area contributed by atoms with Crippen LogP contribution in [-0.2, 0) is 12.0 Å². The summed E-state index contributed by atoms with van der Waals surface area (Å²) < 4.78 is 1.04. The van der Waals surface area contributed by atoms with E-state index in [2.05, 4.69) is 33.0 Å². The molecule has 0 bridgehead atoms. The molecule has 124 valence electrons. The van der Waals surface area contributed by atoms with Gasteiger partial charge < -0.3 is 10.1 Å². The van der Waals surface area contributed by atoms with Crippen LogP contribution in [0.4, 0.5) is 0 Å². The molecular weight excluding hydrogens is 374 g/mol. The first-order valence-electron chi connectivity index (χ1n) is 8.26. The van der Waals surface area contributed by atoms with Gasteiger partial charge in [-0.05, 0) is 28.8 Å². The Labute approximate surface area is 155 Å². The number of nitrogens with one attached hydrogen (secondary N) is 1. The maximum atomic E-state index is 11.7. The van der Waals surface area contributed by atoms with Gasteiger partial charge in [0.15, 0.2) is 0 Å². The molecule has 0 aliphatic rings. The zero-order valence-electron chi connectivity index (χ0n) is 13.6. The Bertz CT molecular complexity index is 953. The van der Waals surface area contributed by atoms with Crippen molar-refractivity contribution in [3.8, 4) is 0 Å². The zero-order valence-corrected chi connectivity index (χ0v) is 15.2. The number of aromatic amines is 1. The highest BCUT2D eigenvalue weighted by Gasteiger charge is 2.32. The Hall–Kier alpha value is -2.36. The van der Waals surface area contributed by atoms with E-state index >= 15 is 0 Å². The monoisotopic (exact) mass is 391 g/mol. The van der Waals surface area contributed by atoms with Gasteiger partial charge in [0, 0.05) is 28.0 Å². The van der Waals surface area contributed by atoms with Crippen molar-refractivity contribution >= 4 is 26.8 Å². The zero-order chi connectivity index (χ0) is 17.3. The van der Waals surface area contributed by atoms with Crippen molar-refractivity contribution in [2.24, 2.45) is 0 Å². The van der Waals surface area contributed by atoms with Crippen LogP contribution < -0.4 is 0 Å². The van der Waals surface area contributed by atoms with Crippen molar-refractivity contribution in [3.05, 3.63) is 106 Å². The summed E-state index contributed by atoms with van der Waals surface area (Å²) in [5.41, 5.74) is 2.87. The largest absolute Gasteiger partial charge is 0.380 e. The fraction of sp³-hybridized carbons (Fsp3) is 0.0909. The third-order valence-electron chi connectivity index (χ3n) is 4.68. The third kappa shape index (κ3) is 3.01. The van der Waals surface area contributed by atoms with E-state index in [0.29, 0.717) is 6.42 Å². The summed E-state index contributed by atoms with van der Waals surface area (Å²) in [5.74, 6) is 0. The molecule has 4 rings (SSSR count). The number of aromatic nitrogens is 1. The number of aliphatic hydroxyl groups is 1. The van der Waals surface area contributed by atoms with E-state index in [0.717, 1.165) is 32.1 Å². The summed E-state index contributed by atoms with van der Waals surface area (Å²) >= 11 is 3.51. The van der Waals surface area contributed by atoms with Crippen molar-refractivity contribution in [1.29, 1.82) is 0 Å². The summed E-state index contributed by atoms with van der Waals surface area (Å²) in [5, 5.41) is 12.8. The molecule has 0 amide bonds. The van der Waals surface area contributed by atoms with Gasteiger partial charge in [0.05, 0.1) is 0 Å². The molecule has 3 aromatic carbocycles. The second-order valence-electron chi connectivity index (χ2n) is 6.27. The smallest absolute Gasteiger partial charge is 0.119 e. The highest BCUT2D eigenvalue weighted by atomic mass is 79.9. The highest BCUT2D eigenvalue weighted by molar-refractivity contribution is 9.10. The van der Waals surface area contributed by atoms with E-state index in [1.54, 1.807) is 0 Å². The van der Waals surface area contributed by atoms with Crippen LogP contribution in [0.15, 0.2) is 89.5 Å². The Morgan fingerprint density at radius 2 is 1.44 bits per heavy atom. The molecule has 0 aliphatic carbocycles. The molecule has 0 aliphatic heterocycles.